The molecular weight excluding hydrogens is 379 g/mol. The number of aryl methyl sites for hydroxylation is 1. The minimum absolute atomic E-state index is 0.110. The van der Waals surface area contributed by atoms with Crippen molar-refractivity contribution in [3.05, 3.63) is 95.3 Å². The number of carbonyl (C=O) groups excluding carboxylic acids is 1. The summed E-state index contributed by atoms with van der Waals surface area (Å²) in [5, 5.41) is 4.29. The highest BCUT2D eigenvalue weighted by Crippen LogP contribution is 2.33. The molecular formula is C25H23FN2O2. The van der Waals surface area contributed by atoms with Crippen LogP contribution < -0.4 is 9.74 Å². The number of benzene rings is 3. The van der Waals surface area contributed by atoms with Crippen LogP contribution in [0.1, 0.15) is 41.8 Å². The van der Waals surface area contributed by atoms with Crippen molar-refractivity contribution in [3.63, 3.8) is 0 Å². The van der Waals surface area contributed by atoms with E-state index >= 15 is 0 Å². The van der Waals surface area contributed by atoms with Gasteiger partial charge in [0.2, 0.25) is 0 Å². The van der Waals surface area contributed by atoms with Crippen LogP contribution in [0.4, 0.5) is 10.1 Å². The Hall–Kier alpha value is -3.47. The number of hydrogen-bond donors (Lipinski definition) is 0. The van der Waals surface area contributed by atoms with Crippen molar-refractivity contribution in [2.45, 2.75) is 32.7 Å². The molecule has 0 saturated heterocycles. The molecule has 4 rings (SSSR count). The van der Waals surface area contributed by atoms with Crippen LogP contribution in [0.3, 0.4) is 0 Å². The molecule has 0 fully saturated rings. The highest BCUT2D eigenvalue weighted by Gasteiger charge is 2.33. The summed E-state index contributed by atoms with van der Waals surface area (Å²) in [6, 6.07) is 21.1. The summed E-state index contributed by atoms with van der Waals surface area (Å²) >= 11 is 0. The van der Waals surface area contributed by atoms with Gasteiger partial charge in [0.05, 0.1) is 11.4 Å². The lowest BCUT2D eigenvalue weighted by Gasteiger charge is -2.35. The lowest BCUT2D eigenvalue weighted by molar-refractivity contribution is 0.0978. The Kier molecular flexibility index (Phi) is 5.61. The molecule has 0 N–H and O–H groups in total. The molecule has 1 unspecified atom stereocenters. The Morgan fingerprint density at radius 3 is 2.53 bits per heavy atom. The van der Waals surface area contributed by atoms with Crippen LogP contribution in [0.5, 0.6) is 5.75 Å². The third-order valence-corrected chi connectivity index (χ3v) is 5.29. The maximum atomic E-state index is 14.1. The Labute approximate surface area is 175 Å². The van der Waals surface area contributed by atoms with Gasteiger partial charge in [0.25, 0.3) is 5.91 Å². The zero-order valence-corrected chi connectivity index (χ0v) is 17.0. The summed E-state index contributed by atoms with van der Waals surface area (Å²) in [4.78, 5) is 20.6. The minimum atomic E-state index is -0.379. The first-order valence-corrected chi connectivity index (χ1v) is 10.1. The van der Waals surface area contributed by atoms with Gasteiger partial charge in [0, 0.05) is 23.6 Å². The van der Waals surface area contributed by atoms with Gasteiger partial charge in [-0.25, -0.2) is 4.39 Å². The normalized spacial score (nSPS) is 17.0. The molecule has 0 aromatic heterocycles. The predicted octanol–water partition coefficient (Wildman–Crippen LogP) is 5.61. The number of oxime groups is 1. The van der Waals surface area contributed by atoms with E-state index in [9.17, 15) is 9.18 Å². The van der Waals surface area contributed by atoms with Crippen LogP contribution in [0.2, 0.25) is 0 Å². The highest BCUT2D eigenvalue weighted by molar-refractivity contribution is 6.15. The highest BCUT2D eigenvalue weighted by atomic mass is 19.1. The van der Waals surface area contributed by atoms with Crippen LogP contribution >= 0.6 is 0 Å². The van der Waals surface area contributed by atoms with Gasteiger partial charge in [-0.2, -0.15) is 0 Å². The van der Waals surface area contributed by atoms with E-state index in [1.807, 2.05) is 49.4 Å². The molecule has 4 nitrogen and oxygen atoms in total. The zero-order valence-electron chi connectivity index (χ0n) is 17.0. The topological polar surface area (TPSA) is 41.9 Å². The fourth-order valence-corrected chi connectivity index (χ4v) is 3.68. The van der Waals surface area contributed by atoms with Crippen molar-refractivity contribution < 1.29 is 14.0 Å². The third kappa shape index (κ3) is 3.96. The molecule has 3 aromatic rings. The molecule has 1 heterocycles. The standard InChI is InChI=1S/C25H23FN2O2/c1-3-18-9-11-19(12-10-18)25(29)28-17(2)15-23(22-16-20(26)13-14-24(22)28)27-30-21-7-5-4-6-8-21/h4-14,16-17H,3,15H2,1-2H3/b27-23+. The van der Waals surface area contributed by atoms with Crippen molar-refractivity contribution in [2.75, 3.05) is 4.90 Å². The lowest BCUT2D eigenvalue weighted by atomic mass is 9.93. The van der Waals surface area contributed by atoms with Crippen LogP contribution in [-0.2, 0) is 6.42 Å². The zero-order chi connectivity index (χ0) is 21.1. The lowest BCUT2D eigenvalue weighted by Crippen LogP contribution is -2.44. The maximum Gasteiger partial charge on any atom is 0.258 e. The number of carbonyl (C=O) groups is 1. The van der Waals surface area contributed by atoms with E-state index in [0.717, 1.165) is 6.42 Å². The minimum Gasteiger partial charge on any atom is -0.357 e. The monoisotopic (exact) mass is 402 g/mol. The largest absolute Gasteiger partial charge is 0.357 e. The second kappa shape index (κ2) is 8.49. The number of para-hydroxylation sites is 1. The number of fused-ring (bicyclic) bond motifs is 1. The summed E-state index contributed by atoms with van der Waals surface area (Å²) < 4.78 is 14.1. The number of anilines is 1. The van der Waals surface area contributed by atoms with Gasteiger partial charge in [-0.05, 0) is 61.4 Å². The predicted molar refractivity (Wildman–Crippen MR) is 117 cm³/mol. The van der Waals surface area contributed by atoms with E-state index in [-0.39, 0.29) is 17.8 Å². The second-order valence-electron chi connectivity index (χ2n) is 7.38. The van der Waals surface area contributed by atoms with E-state index < -0.39 is 0 Å². The van der Waals surface area contributed by atoms with Gasteiger partial charge in [-0.3, -0.25) is 4.79 Å². The van der Waals surface area contributed by atoms with E-state index in [0.29, 0.717) is 34.7 Å². The first-order chi connectivity index (χ1) is 14.6. The van der Waals surface area contributed by atoms with Gasteiger partial charge < -0.3 is 9.74 Å². The molecule has 0 aliphatic carbocycles. The fourth-order valence-electron chi connectivity index (χ4n) is 3.68. The number of hydrogen-bond acceptors (Lipinski definition) is 3. The average Bonchev–Trinajstić information content (AvgIpc) is 2.78. The summed E-state index contributed by atoms with van der Waals surface area (Å²) in [5.74, 6) is 0.113. The van der Waals surface area contributed by atoms with Gasteiger partial charge in [0.15, 0.2) is 5.75 Å². The summed E-state index contributed by atoms with van der Waals surface area (Å²) in [7, 11) is 0. The van der Waals surface area contributed by atoms with E-state index in [1.54, 1.807) is 23.1 Å². The molecule has 0 radical (unpaired) electrons. The number of halogens is 1. The van der Waals surface area contributed by atoms with Gasteiger partial charge in [-0.1, -0.05) is 42.4 Å². The van der Waals surface area contributed by atoms with Crippen molar-refractivity contribution in [1.82, 2.24) is 0 Å². The molecule has 1 aliphatic heterocycles. The Balaban J connectivity index is 1.70. The van der Waals surface area contributed by atoms with Crippen molar-refractivity contribution in [2.24, 2.45) is 5.16 Å². The van der Waals surface area contributed by atoms with Gasteiger partial charge >= 0.3 is 0 Å². The molecule has 0 spiro atoms. The average molecular weight is 402 g/mol. The SMILES string of the molecule is CCc1ccc(C(=O)N2c3ccc(F)cc3/C(=N/Oc3ccccc3)CC2C)cc1. The van der Waals surface area contributed by atoms with Gasteiger partial charge in [-0.15, -0.1) is 0 Å². The quantitative estimate of drug-likeness (QED) is 0.532. The molecule has 1 atom stereocenters. The summed E-state index contributed by atoms with van der Waals surface area (Å²) in [6.45, 7) is 4.04. The van der Waals surface area contributed by atoms with Crippen LogP contribution in [0, 0.1) is 5.82 Å². The first kappa shape index (κ1) is 19.8. The maximum absolute atomic E-state index is 14.1. The molecule has 0 bridgehead atoms. The molecule has 5 heteroatoms. The Bertz CT molecular complexity index is 1080. The summed E-state index contributed by atoms with van der Waals surface area (Å²) in [5.41, 5.74) is 3.60. The smallest absolute Gasteiger partial charge is 0.258 e. The van der Waals surface area contributed by atoms with E-state index in [1.165, 1.54) is 17.7 Å². The van der Waals surface area contributed by atoms with Crippen LogP contribution in [0.25, 0.3) is 0 Å². The van der Waals surface area contributed by atoms with E-state index in [2.05, 4.69) is 12.1 Å². The molecule has 1 aliphatic rings. The number of rotatable bonds is 4. The Morgan fingerprint density at radius 1 is 1.10 bits per heavy atom. The van der Waals surface area contributed by atoms with Crippen LogP contribution in [0.15, 0.2) is 78.0 Å². The number of amides is 1. The van der Waals surface area contributed by atoms with Crippen molar-refractivity contribution in [1.29, 1.82) is 0 Å². The second-order valence-corrected chi connectivity index (χ2v) is 7.38. The van der Waals surface area contributed by atoms with E-state index in [4.69, 9.17) is 4.84 Å². The number of nitrogens with zero attached hydrogens (tertiary/aromatic N) is 2. The Morgan fingerprint density at radius 2 is 1.83 bits per heavy atom. The van der Waals surface area contributed by atoms with Crippen molar-refractivity contribution >= 4 is 17.3 Å². The van der Waals surface area contributed by atoms with Gasteiger partial charge in [0.1, 0.15) is 5.82 Å². The molecule has 0 saturated carbocycles. The molecule has 3 aromatic carbocycles. The third-order valence-electron chi connectivity index (χ3n) is 5.29. The van der Waals surface area contributed by atoms with Crippen molar-refractivity contribution in [3.8, 4) is 5.75 Å². The van der Waals surface area contributed by atoms with Crippen LogP contribution in [-0.4, -0.2) is 17.7 Å². The molecule has 152 valence electrons. The fraction of sp³-hybridized carbons (Fsp3) is 0.200. The first-order valence-electron chi connectivity index (χ1n) is 10.1. The molecule has 30 heavy (non-hydrogen) atoms. The molecule has 1 amide bonds. The summed E-state index contributed by atoms with van der Waals surface area (Å²) in [6.07, 6.45) is 1.38.